The van der Waals surface area contributed by atoms with Crippen molar-refractivity contribution >= 4 is 29.5 Å². The van der Waals surface area contributed by atoms with E-state index >= 15 is 0 Å². The highest BCUT2D eigenvalue weighted by atomic mass is 16.5. The second-order valence-electron chi connectivity index (χ2n) is 18.3. The normalized spacial score (nSPS) is 15.4. The maximum Gasteiger partial charge on any atom is 0.306 e. The fraction of sp³-hybridized carbons (Fsp3) is 0.881. The summed E-state index contributed by atoms with van der Waals surface area (Å²) in [5.74, 6) is -2.10. The quantitative estimate of drug-likeness (QED) is 0.0477. The van der Waals surface area contributed by atoms with E-state index in [1.54, 1.807) is 13.8 Å². The van der Waals surface area contributed by atoms with E-state index in [1.165, 1.54) is 6.92 Å². The summed E-state index contributed by atoms with van der Waals surface area (Å²) in [6.45, 7) is 24.6. The number of hydrogen-bond acceptors (Lipinski definition) is 9. The van der Waals surface area contributed by atoms with Crippen molar-refractivity contribution in [3.63, 3.8) is 0 Å². The van der Waals surface area contributed by atoms with E-state index in [0.717, 1.165) is 44.9 Å². The highest BCUT2D eigenvalue weighted by Crippen LogP contribution is 2.32. The SMILES string of the molecule is CCCCC(C)(CC)C(=O)[C@@H](CCCCNC(=O)CCC(C)(C)OCCC(C)(C)OCCNC(=O)C(C)(C)CC(C)(C)NC(=O)C(N)CC(C)C(=O)O)NC. The zero-order chi connectivity index (χ0) is 42.7. The van der Waals surface area contributed by atoms with E-state index in [2.05, 4.69) is 42.0 Å². The van der Waals surface area contributed by atoms with Crippen LogP contribution in [0.3, 0.4) is 0 Å². The van der Waals surface area contributed by atoms with Gasteiger partial charge in [0.15, 0.2) is 5.78 Å². The number of Topliss-reactive ketones (excluding diaryl/α,β-unsaturated/α-hetero) is 1. The van der Waals surface area contributed by atoms with Gasteiger partial charge in [0, 0.05) is 35.9 Å². The number of hydrogen-bond donors (Lipinski definition) is 6. The molecule has 0 fully saturated rings. The lowest BCUT2D eigenvalue weighted by molar-refractivity contribution is -0.141. The van der Waals surface area contributed by atoms with Gasteiger partial charge in [-0.3, -0.25) is 24.0 Å². The fourth-order valence-corrected chi connectivity index (χ4v) is 6.77. The van der Waals surface area contributed by atoms with Crippen molar-refractivity contribution in [1.82, 2.24) is 21.3 Å². The number of likely N-dealkylation sites (N-methyl/N-ethyl adjacent to an activating group) is 1. The molecule has 3 unspecified atom stereocenters. The second-order valence-corrected chi connectivity index (χ2v) is 18.3. The number of carbonyl (C=O) groups excluding carboxylic acids is 4. The van der Waals surface area contributed by atoms with Gasteiger partial charge in [0.2, 0.25) is 17.7 Å². The number of nitrogens with one attached hydrogen (secondary N) is 4. The van der Waals surface area contributed by atoms with E-state index < -0.39 is 46.0 Å². The summed E-state index contributed by atoms with van der Waals surface area (Å²) in [7, 11) is 1.85. The molecule has 322 valence electrons. The van der Waals surface area contributed by atoms with Crippen LogP contribution < -0.4 is 27.0 Å². The number of carbonyl (C=O) groups is 5. The van der Waals surface area contributed by atoms with Crippen molar-refractivity contribution in [2.75, 3.05) is 33.4 Å². The molecule has 0 radical (unpaired) electrons. The van der Waals surface area contributed by atoms with Gasteiger partial charge < -0.3 is 41.6 Å². The van der Waals surface area contributed by atoms with E-state index in [1.807, 2.05) is 48.6 Å². The Balaban J connectivity index is 4.52. The van der Waals surface area contributed by atoms with Gasteiger partial charge in [0.25, 0.3) is 0 Å². The van der Waals surface area contributed by atoms with E-state index in [-0.39, 0.29) is 29.7 Å². The molecule has 0 spiro atoms. The molecule has 0 rings (SSSR count). The van der Waals surface area contributed by atoms with Crippen LogP contribution in [0.15, 0.2) is 0 Å². The lowest BCUT2D eigenvalue weighted by Crippen LogP contribution is -2.54. The molecule has 13 heteroatoms. The second kappa shape index (κ2) is 24.2. The minimum Gasteiger partial charge on any atom is -0.481 e. The van der Waals surface area contributed by atoms with E-state index in [0.29, 0.717) is 57.8 Å². The number of unbranched alkanes of at least 4 members (excludes halogenated alkanes) is 2. The molecular weight excluding hydrogens is 702 g/mol. The van der Waals surface area contributed by atoms with Crippen LogP contribution in [0.25, 0.3) is 0 Å². The topological polar surface area (TPSA) is 198 Å². The fourth-order valence-electron chi connectivity index (χ4n) is 6.77. The molecular formula is C42H81N5O8. The van der Waals surface area contributed by atoms with E-state index in [9.17, 15) is 24.0 Å². The number of rotatable bonds is 31. The molecule has 0 aliphatic rings. The summed E-state index contributed by atoms with van der Waals surface area (Å²) >= 11 is 0. The van der Waals surface area contributed by atoms with Crippen LogP contribution >= 0.6 is 0 Å². The highest BCUT2D eigenvalue weighted by molar-refractivity contribution is 5.89. The van der Waals surface area contributed by atoms with Crippen molar-refractivity contribution in [2.24, 2.45) is 22.5 Å². The number of carboxylic acid groups (broad SMARTS) is 1. The first kappa shape index (κ1) is 52.4. The van der Waals surface area contributed by atoms with Crippen LogP contribution in [0, 0.1) is 16.7 Å². The van der Waals surface area contributed by atoms with Crippen LogP contribution in [-0.4, -0.2) is 96.8 Å². The van der Waals surface area contributed by atoms with Gasteiger partial charge >= 0.3 is 5.97 Å². The summed E-state index contributed by atoms with van der Waals surface area (Å²) < 4.78 is 12.2. The molecule has 0 saturated carbocycles. The Morgan fingerprint density at radius 1 is 0.782 bits per heavy atom. The van der Waals surface area contributed by atoms with Gasteiger partial charge in [-0.1, -0.05) is 54.4 Å². The predicted molar refractivity (Wildman–Crippen MR) is 220 cm³/mol. The molecule has 0 aromatic heterocycles. The first-order valence-corrected chi connectivity index (χ1v) is 20.6. The first-order valence-electron chi connectivity index (χ1n) is 20.6. The van der Waals surface area contributed by atoms with Crippen LogP contribution in [0.5, 0.6) is 0 Å². The maximum atomic E-state index is 13.2. The maximum absolute atomic E-state index is 13.2. The van der Waals surface area contributed by atoms with E-state index in [4.69, 9.17) is 20.3 Å². The molecule has 0 bridgehead atoms. The minimum atomic E-state index is -1.01. The third kappa shape index (κ3) is 21.5. The third-order valence-electron chi connectivity index (χ3n) is 10.7. The largest absolute Gasteiger partial charge is 0.481 e. The molecule has 55 heavy (non-hydrogen) atoms. The van der Waals surface area contributed by atoms with Gasteiger partial charge in [-0.15, -0.1) is 0 Å². The Kier molecular flexibility index (Phi) is 23.1. The molecule has 0 aliphatic carbocycles. The summed E-state index contributed by atoms with van der Waals surface area (Å²) in [5, 5.41) is 21.2. The van der Waals surface area contributed by atoms with Crippen molar-refractivity contribution in [2.45, 2.75) is 189 Å². The molecule has 0 heterocycles. The number of nitrogens with two attached hydrogens (primary N) is 1. The van der Waals surface area contributed by atoms with Crippen LogP contribution in [0.1, 0.15) is 160 Å². The molecule has 0 aromatic rings. The van der Waals surface area contributed by atoms with Crippen LogP contribution in [-0.2, 0) is 33.4 Å². The van der Waals surface area contributed by atoms with Crippen LogP contribution in [0.4, 0.5) is 0 Å². The minimum absolute atomic E-state index is 0.00918. The first-order chi connectivity index (χ1) is 25.3. The zero-order valence-electron chi connectivity index (χ0n) is 36.9. The number of carboxylic acids is 1. The Hall–Kier alpha value is -2.61. The average molecular weight is 784 g/mol. The van der Waals surface area contributed by atoms with Crippen molar-refractivity contribution < 1.29 is 38.6 Å². The van der Waals surface area contributed by atoms with Crippen LogP contribution in [0.2, 0.25) is 0 Å². The summed E-state index contributed by atoms with van der Waals surface area (Å²) in [5.41, 5.74) is 3.07. The van der Waals surface area contributed by atoms with Crippen molar-refractivity contribution in [1.29, 1.82) is 0 Å². The number of amides is 3. The molecule has 13 nitrogen and oxygen atoms in total. The van der Waals surface area contributed by atoms with Crippen molar-refractivity contribution in [3.8, 4) is 0 Å². The zero-order valence-corrected chi connectivity index (χ0v) is 36.9. The van der Waals surface area contributed by atoms with Gasteiger partial charge in [-0.25, -0.2) is 0 Å². The average Bonchev–Trinajstić information content (AvgIpc) is 3.08. The Labute approximate surface area is 333 Å². The summed E-state index contributed by atoms with van der Waals surface area (Å²) in [4.78, 5) is 62.6. The monoisotopic (exact) mass is 784 g/mol. The molecule has 0 aliphatic heterocycles. The van der Waals surface area contributed by atoms with Gasteiger partial charge in [0.05, 0.1) is 42.4 Å². The standard InChI is InChI=1S/C42H81N5O8/c1-14-16-21-42(12,15-2)34(49)32(44-13)19-17-18-24-45-33(48)20-22-40(8,9)54-26-23-41(10,11)55-27-25-46-37(53)38(4,5)29-39(6,7)47-35(50)31(43)28-30(3)36(51)52/h30-32,44H,14-29,43H2,1-13H3,(H,45,48)(H,46,53)(H,47,50)(H,51,52)/t30?,31?,32-,42?/m1/s1. The Morgan fingerprint density at radius 3 is 1.95 bits per heavy atom. The van der Waals surface area contributed by atoms with Gasteiger partial charge in [-0.2, -0.15) is 0 Å². The van der Waals surface area contributed by atoms with Crippen molar-refractivity contribution in [3.05, 3.63) is 0 Å². The lowest BCUT2D eigenvalue weighted by atomic mass is 9.75. The number of ketones is 1. The van der Waals surface area contributed by atoms with Gasteiger partial charge in [-0.05, 0) is 106 Å². The number of aliphatic carboxylic acids is 1. The lowest BCUT2D eigenvalue weighted by Gasteiger charge is -2.35. The molecule has 0 aromatic carbocycles. The number of ether oxygens (including phenoxy) is 2. The summed E-state index contributed by atoms with van der Waals surface area (Å²) in [6.07, 6.45) is 8.24. The third-order valence-corrected chi connectivity index (χ3v) is 10.7. The summed E-state index contributed by atoms with van der Waals surface area (Å²) in [6, 6.07) is -1.13. The Morgan fingerprint density at radius 2 is 1.38 bits per heavy atom. The Bertz CT molecular complexity index is 1200. The highest BCUT2D eigenvalue weighted by Gasteiger charge is 2.37. The molecule has 3 amide bonds. The molecule has 7 N–H and O–H groups in total. The molecule has 4 atom stereocenters. The van der Waals surface area contributed by atoms with Gasteiger partial charge in [0.1, 0.15) is 0 Å². The molecule has 0 saturated heterocycles. The smallest absolute Gasteiger partial charge is 0.306 e. The predicted octanol–water partition coefficient (Wildman–Crippen LogP) is 5.66.